The van der Waals surface area contributed by atoms with E-state index < -0.39 is 15.5 Å². The van der Waals surface area contributed by atoms with E-state index in [0.29, 0.717) is 27.6 Å². The van der Waals surface area contributed by atoms with E-state index in [1.54, 1.807) is 12.1 Å². The Morgan fingerprint density at radius 2 is 1.78 bits per heavy atom. The van der Waals surface area contributed by atoms with E-state index in [1.807, 2.05) is 0 Å². The van der Waals surface area contributed by atoms with Gasteiger partial charge in [0.05, 0.1) is 4.88 Å². The Balaban J connectivity index is 1.36. The fourth-order valence-corrected chi connectivity index (χ4v) is 5.53. The molecule has 2 bridgehead atoms. The summed E-state index contributed by atoms with van der Waals surface area (Å²) >= 11 is 1.16. The van der Waals surface area contributed by atoms with Crippen LogP contribution in [0.15, 0.2) is 36.4 Å². The normalized spacial score (nSPS) is 25.4. The fraction of sp³-hybridized carbons (Fsp3) is 0.450. The number of anilines is 1. The number of sulfonamides is 1. The second-order valence-electron chi connectivity index (χ2n) is 7.91. The Labute approximate surface area is 187 Å². The molecular weight excluding hydrogens is 467 g/mol. The number of rotatable bonds is 6. The van der Waals surface area contributed by atoms with Crippen molar-refractivity contribution in [3.63, 3.8) is 0 Å². The third-order valence-corrected chi connectivity index (χ3v) is 7.99. The highest BCUT2D eigenvalue weighted by atomic mass is 32.2. The molecular formula is C20H22F3N3O4S2. The average molecular weight is 490 g/mol. The number of alkyl halides is 3. The van der Waals surface area contributed by atoms with Crippen LogP contribution in [0, 0.1) is 5.92 Å². The lowest BCUT2D eigenvalue weighted by molar-refractivity contribution is -0.0429. The van der Waals surface area contributed by atoms with Crippen LogP contribution in [-0.2, 0) is 10.0 Å². The summed E-state index contributed by atoms with van der Waals surface area (Å²) in [5, 5.41) is 3.58. The predicted octanol–water partition coefficient (Wildman–Crippen LogP) is 4.01. The number of amides is 1. The third-order valence-electron chi connectivity index (χ3n) is 5.91. The fourth-order valence-electron chi connectivity index (χ4n) is 4.19. The molecule has 3 saturated heterocycles. The number of thiophene rings is 1. The van der Waals surface area contributed by atoms with E-state index in [9.17, 15) is 26.4 Å². The molecule has 0 unspecified atom stereocenters. The zero-order valence-corrected chi connectivity index (χ0v) is 18.7. The van der Waals surface area contributed by atoms with Gasteiger partial charge in [0.2, 0.25) is 0 Å². The first-order valence-corrected chi connectivity index (χ1v) is 12.4. The molecule has 0 radical (unpaired) electrons. The average Bonchev–Trinajstić information content (AvgIpc) is 3.20. The second-order valence-corrected chi connectivity index (χ2v) is 10.6. The van der Waals surface area contributed by atoms with E-state index in [2.05, 4.69) is 17.1 Å². The van der Waals surface area contributed by atoms with Gasteiger partial charge in [-0.05, 0) is 75.2 Å². The Kier molecular flexibility index (Phi) is 6.12. The summed E-state index contributed by atoms with van der Waals surface area (Å²) in [7, 11) is -5.48. The van der Waals surface area contributed by atoms with Gasteiger partial charge in [0, 0.05) is 17.8 Å². The zero-order valence-electron chi connectivity index (χ0n) is 17.1. The summed E-state index contributed by atoms with van der Waals surface area (Å²) in [5.74, 6) is 0.620. The van der Waals surface area contributed by atoms with Crippen LogP contribution < -0.4 is 14.8 Å². The van der Waals surface area contributed by atoms with Gasteiger partial charge in [-0.2, -0.15) is 21.6 Å². The standard InChI is InChI=1S/C20H22F3N3O4S2/c1-12-18(13-8-10-26(12)11-9-13)24-19(27)16-6-7-17(31-16)30-15-4-2-14(3-5-15)25-32(28,29)20(21,22)23/h2-7,12-13,18,25H,8-11H2,1H3,(H,24,27)/t12-,18+/m1/s1. The highest BCUT2D eigenvalue weighted by molar-refractivity contribution is 7.93. The molecule has 1 amide bonds. The molecule has 3 fully saturated rings. The van der Waals surface area contributed by atoms with Crippen LogP contribution in [0.4, 0.5) is 18.9 Å². The number of halogens is 3. The minimum absolute atomic E-state index is 0.115. The van der Waals surface area contributed by atoms with Gasteiger partial charge in [0.15, 0.2) is 5.06 Å². The molecule has 4 heterocycles. The first-order chi connectivity index (χ1) is 15.0. The lowest BCUT2D eigenvalue weighted by Gasteiger charge is -2.49. The maximum Gasteiger partial charge on any atom is 0.516 e. The molecule has 1 aromatic carbocycles. The van der Waals surface area contributed by atoms with Gasteiger partial charge in [-0.15, -0.1) is 0 Å². The van der Waals surface area contributed by atoms with Crippen molar-refractivity contribution in [2.45, 2.75) is 37.4 Å². The lowest BCUT2D eigenvalue weighted by atomic mass is 9.79. The van der Waals surface area contributed by atoms with Gasteiger partial charge < -0.3 is 10.1 Å². The van der Waals surface area contributed by atoms with Crippen LogP contribution in [0.5, 0.6) is 10.8 Å². The minimum Gasteiger partial charge on any atom is -0.447 e. The van der Waals surface area contributed by atoms with Crippen molar-refractivity contribution in [1.29, 1.82) is 0 Å². The van der Waals surface area contributed by atoms with Gasteiger partial charge in [-0.3, -0.25) is 14.4 Å². The SMILES string of the molecule is C[C@@H]1[C@H](NC(=O)c2ccc(Oc3ccc(NS(=O)(=O)C(F)(F)F)cc3)s2)C2CCN1CC2. The Bertz CT molecular complexity index is 1080. The van der Waals surface area contributed by atoms with Crippen LogP contribution in [0.3, 0.4) is 0 Å². The van der Waals surface area contributed by atoms with Crippen LogP contribution in [0.1, 0.15) is 29.4 Å². The largest absolute Gasteiger partial charge is 0.516 e. The Hall–Kier alpha value is -2.31. The van der Waals surface area contributed by atoms with Crippen LogP contribution in [-0.4, -0.2) is 49.9 Å². The first-order valence-electron chi connectivity index (χ1n) is 10.1. The number of carbonyl (C=O) groups is 1. The monoisotopic (exact) mass is 489 g/mol. The maximum absolute atomic E-state index is 12.7. The number of fused-ring (bicyclic) bond motifs is 3. The van der Waals surface area contributed by atoms with Gasteiger partial charge in [-0.25, -0.2) is 0 Å². The maximum atomic E-state index is 12.7. The third kappa shape index (κ3) is 4.71. The number of hydrogen-bond donors (Lipinski definition) is 2. The van der Waals surface area contributed by atoms with Gasteiger partial charge in [0.1, 0.15) is 5.75 Å². The Morgan fingerprint density at radius 3 is 2.38 bits per heavy atom. The summed E-state index contributed by atoms with van der Waals surface area (Å²) in [6.45, 7) is 4.29. The minimum atomic E-state index is -5.48. The lowest BCUT2D eigenvalue weighted by Crippen LogP contribution is -2.62. The van der Waals surface area contributed by atoms with Crippen molar-refractivity contribution in [2.24, 2.45) is 5.92 Å². The van der Waals surface area contributed by atoms with Gasteiger partial charge in [-0.1, -0.05) is 11.3 Å². The summed E-state index contributed by atoms with van der Waals surface area (Å²) in [6, 6.07) is 8.71. The van der Waals surface area contributed by atoms with Crippen molar-refractivity contribution in [3.8, 4) is 10.8 Å². The number of ether oxygens (including phenoxy) is 1. The predicted molar refractivity (Wildman–Crippen MR) is 114 cm³/mol. The van der Waals surface area contributed by atoms with Gasteiger partial charge >= 0.3 is 15.5 Å². The summed E-state index contributed by atoms with van der Waals surface area (Å²) < 4.78 is 66.8. The molecule has 3 aliphatic rings. The summed E-state index contributed by atoms with van der Waals surface area (Å²) in [4.78, 5) is 15.6. The number of carbonyl (C=O) groups excluding carboxylic acids is 1. The number of hydrogen-bond acceptors (Lipinski definition) is 6. The van der Waals surface area contributed by atoms with Crippen molar-refractivity contribution in [3.05, 3.63) is 41.3 Å². The summed E-state index contributed by atoms with van der Waals surface area (Å²) in [5.41, 5.74) is -5.64. The highest BCUT2D eigenvalue weighted by Gasteiger charge is 2.46. The smallest absolute Gasteiger partial charge is 0.447 e. The van der Waals surface area contributed by atoms with Crippen molar-refractivity contribution in [1.82, 2.24) is 10.2 Å². The molecule has 12 heteroatoms. The molecule has 2 N–H and O–H groups in total. The number of nitrogens with zero attached hydrogens (tertiary/aromatic N) is 1. The van der Waals surface area contributed by atoms with E-state index in [4.69, 9.17) is 4.74 Å². The number of nitrogens with one attached hydrogen (secondary N) is 2. The molecule has 5 rings (SSSR count). The summed E-state index contributed by atoms with van der Waals surface area (Å²) in [6.07, 6.45) is 2.17. The molecule has 1 aromatic heterocycles. The molecule has 2 aromatic rings. The van der Waals surface area contributed by atoms with Crippen molar-refractivity contribution >= 4 is 33.0 Å². The molecule has 174 valence electrons. The van der Waals surface area contributed by atoms with E-state index in [-0.39, 0.29) is 17.6 Å². The second kappa shape index (κ2) is 8.56. The molecule has 0 aliphatic carbocycles. The topological polar surface area (TPSA) is 87.7 Å². The molecule has 2 atom stereocenters. The van der Waals surface area contributed by atoms with E-state index in [1.165, 1.54) is 16.9 Å². The van der Waals surface area contributed by atoms with Crippen LogP contribution in [0.2, 0.25) is 0 Å². The molecule has 0 saturated carbocycles. The van der Waals surface area contributed by atoms with E-state index >= 15 is 0 Å². The Morgan fingerprint density at radius 1 is 1.12 bits per heavy atom. The molecule has 32 heavy (non-hydrogen) atoms. The number of benzene rings is 1. The molecule has 0 spiro atoms. The van der Waals surface area contributed by atoms with Crippen molar-refractivity contribution in [2.75, 3.05) is 17.8 Å². The molecule has 7 nitrogen and oxygen atoms in total. The molecule has 3 aliphatic heterocycles. The number of piperidine rings is 3. The first kappa shape index (κ1) is 22.9. The highest BCUT2D eigenvalue weighted by Crippen LogP contribution is 2.34. The zero-order chi connectivity index (χ0) is 23.1. The van der Waals surface area contributed by atoms with Gasteiger partial charge in [0.25, 0.3) is 5.91 Å². The quantitative estimate of drug-likeness (QED) is 0.640. The van der Waals surface area contributed by atoms with E-state index in [0.717, 1.165) is 49.4 Å². The van der Waals surface area contributed by atoms with Crippen LogP contribution >= 0.6 is 11.3 Å². The van der Waals surface area contributed by atoms with Crippen LogP contribution in [0.25, 0.3) is 0 Å². The van der Waals surface area contributed by atoms with Crippen molar-refractivity contribution < 1.29 is 31.1 Å².